The van der Waals surface area contributed by atoms with E-state index in [1.807, 2.05) is 0 Å². The number of hydrogen-bond acceptors (Lipinski definition) is 3. The minimum atomic E-state index is 0.802. The first kappa shape index (κ1) is 11.7. The number of rotatable bonds is 6. The molecule has 1 atom stereocenters. The summed E-state index contributed by atoms with van der Waals surface area (Å²) in [4.78, 5) is 2.70. The van der Waals surface area contributed by atoms with Crippen molar-refractivity contribution < 1.29 is 0 Å². The van der Waals surface area contributed by atoms with Gasteiger partial charge in [0.15, 0.2) is 0 Å². The molecule has 3 heteroatoms. The molecule has 0 bridgehead atoms. The van der Waals surface area contributed by atoms with Crippen molar-refractivity contribution in [2.45, 2.75) is 44.7 Å². The molecule has 15 heavy (non-hydrogen) atoms. The van der Waals surface area contributed by atoms with Crippen molar-refractivity contribution in [2.24, 2.45) is 0 Å². The lowest BCUT2D eigenvalue weighted by atomic mass is 10.1. The van der Waals surface area contributed by atoms with Gasteiger partial charge in [-0.2, -0.15) is 11.8 Å². The molecule has 0 spiro atoms. The van der Waals surface area contributed by atoms with Crippen molar-refractivity contribution in [3.63, 3.8) is 0 Å². The third-order valence-electron chi connectivity index (χ3n) is 3.40. The van der Waals surface area contributed by atoms with E-state index in [1.54, 1.807) is 0 Å². The summed E-state index contributed by atoms with van der Waals surface area (Å²) < 4.78 is 0. The molecule has 2 nitrogen and oxygen atoms in total. The van der Waals surface area contributed by atoms with E-state index in [1.165, 1.54) is 56.8 Å². The number of hydrogen-bond donors (Lipinski definition) is 1. The monoisotopic (exact) mass is 228 g/mol. The van der Waals surface area contributed by atoms with Crippen molar-refractivity contribution >= 4 is 11.8 Å². The summed E-state index contributed by atoms with van der Waals surface area (Å²) in [6, 6.07) is 1.67. The summed E-state index contributed by atoms with van der Waals surface area (Å²) >= 11 is 2.11. The highest BCUT2D eigenvalue weighted by molar-refractivity contribution is 7.99. The topological polar surface area (TPSA) is 15.3 Å². The molecule has 2 fully saturated rings. The van der Waals surface area contributed by atoms with Crippen LogP contribution in [0.2, 0.25) is 0 Å². The highest BCUT2D eigenvalue weighted by Gasteiger charge is 2.24. The minimum absolute atomic E-state index is 0.802. The fourth-order valence-corrected chi connectivity index (χ4v) is 3.21. The first-order chi connectivity index (χ1) is 7.40. The van der Waals surface area contributed by atoms with Crippen LogP contribution in [0.1, 0.15) is 32.6 Å². The van der Waals surface area contributed by atoms with Gasteiger partial charge >= 0.3 is 0 Å². The standard InChI is InChI=1S/C12H24N2S/c1-2-3-12(10-13-11-4-5-11)14-6-8-15-9-7-14/h11-13H,2-10H2,1H3. The van der Waals surface area contributed by atoms with Gasteiger partial charge < -0.3 is 5.32 Å². The molecule has 2 aliphatic rings. The Bertz CT molecular complexity index is 176. The molecule has 1 N–H and O–H groups in total. The molecule has 0 aromatic carbocycles. The first-order valence-electron chi connectivity index (χ1n) is 6.45. The SMILES string of the molecule is CCCC(CNC1CC1)N1CCSCC1. The maximum atomic E-state index is 3.69. The van der Waals surface area contributed by atoms with Crippen molar-refractivity contribution in [3.8, 4) is 0 Å². The Labute approximate surface area is 98.2 Å². The van der Waals surface area contributed by atoms with Gasteiger partial charge in [-0.3, -0.25) is 4.90 Å². The van der Waals surface area contributed by atoms with E-state index in [0.717, 1.165) is 12.1 Å². The van der Waals surface area contributed by atoms with Crippen molar-refractivity contribution in [1.82, 2.24) is 10.2 Å². The average molecular weight is 228 g/mol. The van der Waals surface area contributed by atoms with Gasteiger partial charge in [0.1, 0.15) is 0 Å². The molecule has 1 aliphatic heterocycles. The van der Waals surface area contributed by atoms with Crippen molar-refractivity contribution in [1.29, 1.82) is 0 Å². The van der Waals surface area contributed by atoms with Crippen LogP contribution in [-0.2, 0) is 0 Å². The Hall–Kier alpha value is 0.270. The van der Waals surface area contributed by atoms with Gasteiger partial charge in [-0.05, 0) is 19.3 Å². The fourth-order valence-electron chi connectivity index (χ4n) is 2.28. The van der Waals surface area contributed by atoms with Crippen LogP contribution >= 0.6 is 11.8 Å². The van der Waals surface area contributed by atoms with Gasteiger partial charge in [-0.15, -0.1) is 0 Å². The summed E-state index contributed by atoms with van der Waals surface area (Å²) in [6.45, 7) is 6.15. The maximum absolute atomic E-state index is 3.69. The average Bonchev–Trinajstić information content (AvgIpc) is 3.09. The van der Waals surface area contributed by atoms with E-state index in [-0.39, 0.29) is 0 Å². The molecule has 2 rings (SSSR count). The smallest absolute Gasteiger partial charge is 0.0221 e. The van der Waals surface area contributed by atoms with Gasteiger partial charge in [0.05, 0.1) is 0 Å². The normalized spacial score (nSPS) is 25.4. The number of nitrogens with zero attached hydrogens (tertiary/aromatic N) is 1. The molecule has 0 aromatic rings. The summed E-state index contributed by atoms with van der Waals surface area (Å²) in [5.41, 5.74) is 0. The van der Waals surface area contributed by atoms with Crippen LogP contribution in [0.5, 0.6) is 0 Å². The lowest BCUT2D eigenvalue weighted by molar-refractivity contribution is 0.199. The van der Waals surface area contributed by atoms with Gasteiger partial charge in [0, 0.05) is 43.2 Å². The molecular formula is C12H24N2S. The lowest BCUT2D eigenvalue weighted by Crippen LogP contribution is -2.46. The van der Waals surface area contributed by atoms with Crippen molar-refractivity contribution in [2.75, 3.05) is 31.1 Å². The van der Waals surface area contributed by atoms with E-state index in [9.17, 15) is 0 Å². The molecular weight excluding hydrogens is 204 g/mol. The van der Waals surface area contributed by atoms with Crippen LogP contribution in [0.15, 0.2) is 0 Å². The molecule has 0 amide bonds. The summed E-state index contributed by atoms with van der Waals surface area (Å²) in [7, 11) is 0. The number of thioether (sulfide) groups is 1. The highest BCUT2D eigenvalue weighted by Crippen LogP contribution is 2.20. The zero-order chi connectivity index (χ0) is 10.5. The minimum Gasteiger partial charge on any atom is -0.312 e. The van der Waals surface area contributed by atoms with E-state index in [4.69, 9.17) is 0 Å². The number of nitrogens with one attached hydrogen (secondary N) is 1. The largest absolute Gasteiger partial charge is 0.312 e. The van der Waals surface area contributed by atoms with Crippen LogP contribution < -0.4 is 5.32 Å². The van der Waals surface area contributed by atoms with Gasteiger partial charge in [0.25, 0.3) is 0 Å². The summed E-state index contributed by atoms with van der Waals surface area (Å²) in [5.74, 6) is 2.67. The van der Waals surface area contributed by atoms with E-state index in [2.05, 4.69) is 28.9 Å². The highest BCUT2D eigenvalue weighted by atomic mass is 32.2. The zero-order valence-corrected chi connectivity index (χ0v) is 10.7. The molecule has 0 aromatic heterocycles. The molecule has 1 heterocycles. The Morgan fingerprint density at radius 1 is 1.33 bits per heavy atom. The summed E-state index contributed by atoms with van der Waals surface area (Å²) in [6.07, 6.45) is 5.51. The Morgan fingerprint density at radius 3 is 2.67 bits per heavy atom. The van der Waals surface area contributed by atoms with Gasteiger partial charge in [-0.1, -0.05) is 13.3 Å². The van der Waals surface area contributed by atoms with Crippen LogP contribution in [0.25, 0.3) is 0 Å². The second-order valence-electron chi connectivity index (χ2n) is 4.77. The quantitative estimate of drug-likeness (QED) is 0.748. The van der Waals surface area contributed by atoms with Crippen LogP contribution in [0.3, 0.4) is 0 Å². The molecule has 1 unspecified atom stereocenters. The van der Waals surface area contributed by atoms with E-state index >= 15 is 0 Å². The summed E-state index contributed by atoms with van der Waals surface area (Å²) in [5, 5.41) is 3.69. The second-order valence-corrected chi connectivity index (χ2v) is 6.00. The molecule has 1 saturated carbocycles. The zero-order valence-electron chi connectivity index (χ0n) is 9.87. The molecule has 0 radical (unpaired) electrons. The predicted molar refractivity (Wildman–Crippen MR) is 68.6 cm³/mol. The first-order valence-corrected chi connectivity index (χ1v) is 7.61. The molecule has 1 aliphatic carbocycles. The maximum Gasteiger partial charge on any atom is 0.0221 e. The third-order valence-corrected chi connectivity index (χ3v) is 4.35. The van der Waals surface area contributed by atoms with Crippen LogP contribution in [-0.4, -0.2) is 48.1 Å². The second kappa shape index (κ2) is 6.12. The van der Waals surface area contributed by atoms with Crippen molar-refractivity contribution in [3.05, 3.63) is 0 Å². The lowest BCUT2D eigenvalue weighted by Gasteiger charge is -2.34. The van der Waals surface area contributed by atoms with E-state index < -0.39 is 0 Å². The van der Waals surface area contributed by atoms with Crippen LogP contribution in [0, 0.1) is 0 Å². The Kier molecular flexibility index (Phi) is 4.79. The molecule has 88 valence electrons. The van der Waals surface area contributed by atoms with Gasteiger partial charge in [-0.25, -0.2) is 0 Å². The van der Waals surface area contributed by atoms with Gasteiger partial charge in [0.2, 0.25) is 0 Å². The van der Waals surface area contributed by atoms with E-state index in [0.29, 0.717) is 0 Å². The third kappa shape index (κ3) is 3.97. The van der Waals surface area contributed by atoms with Crippen LogP contribution in [0.4, 0.5) is 0 Å². The Balaban J connectivity index is 1.74. The fraction of sp³-hybridized carbons (Fsp3) is 1.00. The predicted octanol–water partition coefficient (Wildman–Crippen LogP) is 1.96. The molecule has 1 saturated heterocycles. The Morgan fingerprint density at radius 2 is 2.07 bits per heavy atom.